The van der Waals surface area contributed by atoms with Crippen molar-refractivity contribution in [3.05, 3.63) is 70.0 Å². The number of nitrogens with zero attached hydrogens (tertiary/aromatic N) is 2. The number of aromatic amines is 1. The second-order valence-electron chi connectivity index (χ2n) is 7.93. The number of rotatable bonds is 6. The van der Waals surface area contributed by atoms with Gasteiger partial charge in [-0.2, -0.15) is 9.40 Å². The molecule has 2 amide bonds. The predicted molar refractivity (Wildman–Crippen MR) is 133 cm³/mol. The molecule has 0 spiro atoms. The highest BCUT2D eigenvalue weighted by molar-refractivity contribution is 7.89. The zero-order valence-electron chi connectivity index (χ0n) is 18.3. The summed E-state index contributed by atoms with van der Waals surface area (Å²) in [6, 6.07) is 10.6. The molecule has 1 fully saturated rings. The van der Waals surface area contributed by atoms with Gasteiger partial charge in [-0.1, -0.05) is 35.3 Å². The average molecular weight is 537 g/mol. The standard InChI is InChI=1S/C22H22Cl2N6O4S/c23-16-5-2-6-17(24)19(16)21(31)28-18-12-26-29-20(18)22(32)27-14-7-9-30(10-8-14)35(33,34)15-4-1-3-13(25)11-15/h1-6,11-12,14H,7-10,25H2,(H,26,29)(H,27,32)(H,28,31). The van der Waals surface area contributed by atoms with Crippen molar-refractivity contribution in [2.45, 2.75) is 23.8 Å². The van der Waals surface area contributed by atoms with Crippen molar-refractivity contribution in [2.24, 2.45) is 0 Å². The lowest BCUT2D eigenvalue weighted by atomic mass is 10.1. The van der Waals surface area contributed by atoms with Crippen molar-refractivity contribution in [1.82, 2.24) is 19.8 Å². The third-order valence-electron chi connectivity index (χ3n) is 5.59. The minimum absolute atomic E-state index is 0.0522. The van der Waals surface area contributed by atoms with Gasteiger partial charge in [-0.3, -0.25) is 14.7 Å². The number of sulfonamides is 1. The average Bonchev–Trinajstić information content (AvgIpc) is 3.27. The van der Waals surface area contributed by atoms with Crippen molar-refractivity contribution >= 4 is 56.4 Å². The maximum atomic E-state index is 12.9. The number of halogens is 2. The monoisotopic (exact) mass is 536 g/mol. The molecule has 13 heteroatoms. The molecule has 0 bridgehead atoms. The molecule has 4 rings (SSSR count). The maximum absolute atomic E-state index is 12.9. The van der Waals surface area contributed by atoms with E-state index < -0.39 is 21.8 Å². The number of carbonyl (C=O) groups excluding carboxylic acids is 2. The van der Waals surface area contributed by atoms with Gasteiger partial charge in [0.2, 0.25) is 10.0 Å². The highest BCUT2D eigenvalue weighted by atomic mass is 35.5. The van der Waals surface area contributed by atoms with E-state index in [-0.39, 0.29) is 51.0 Å². The van der Waals surface area contributed by atoms with Crippen molar-refractivity contribution in [1.29, 1.82) is 0 Å². The summed E-state index contributed by atoms with van der Waals surface area (Å²) in [5.41, 5.74) is 6.38. The van der Waals surface area contributed by atoms with Crippen LogP contribution in [-0.4, -0.2) is 53.9 Å². The summed E-state index contributed by atoms with van der Waals surface area (Å²) in [6.07, 6.45) is 2.13. The second kappa shape index (κ2) is 10.2. The molecule has 0 aliphatic carbocycles. The minimum Gasteiger partial charge on any atom is -0.399 e. The molecule has 0 radical (unpaired) electrons. The van der Waals surface area contributed by atoms with E-state index in [2.05, 4.69) is 20.8 Å². The highest BCUT2D eigenvalue weighted by Gasteiger charge is 2.31. The van der Waals surface area contributed by atoms with Crippen molar-refractivity contribution < 1.29 is 18.0 Å². The molecule has 184 valence electrons. The first-order valence-electron chi connectivity index (χ1n) is 10.6. The first-order valence-corrected chi connectivity index (χ1v) is 12.8. The summed E-state index contributed by atoms with van der Waals surface area (Å²) in [4.78, 5) is 25.7. The van der Waals surface area contributed by atoms with Crippen LogP contribution in [0, 0.1) is 0 Å². The molecule has 35 heavy (non-hydrogen) atoms. The summed E-state index contributed by atoms with van der Waals surface area (Å²) in [7, 11) is -3.68. The van der Waals surface area contributed by atoms with E-state index in [0.29, 0.717) is 18.5 Å². The van der Waals surface area contributed by atoms with Gasteiger partial charge in [-0.25, -0.2) is 8.42 Å². The minimum atomic E-state index is -3.68. The maximum Gasteiger partial charge on any atom is 0.271 e. The van der Waals surface area contributed by atoms with Crippen LogP contribution in [0.1, 0.15) is 33.7 Å². The van der Waals surface area contributed by atoms with Gasteiger partial charge in [-0.15, -0.1) is 0 Å². The second-order valence-corrected chi connectivity index (χ2v) is 10.7. The third kappa shape index (κ3) is 5.43. The Bertz CT molecular complexity index is 1350. The van der Waals surface area contributed by atoms with Gasteiger partial charge in [0, 0.05) is 24.8 Å². The number of anilines is 2. The van der Waals surface area contributed by atoms with Gasteiger partial charge < -0.3 is 16.4 Å². The van der Waals surface area contributed by atoms with E-state index in [0.717, 1.165) is 0 Å². The molecule has 1 aliphatic rings. The number of benzene rings is 2. The van der Waals surface area contributed by atoms with E-state index in [1.165, 1.54) is 34.8 Å². The zero-order chi connectivity index (χ0) is 25.2. The fraction of sp³-hybridized carbons (Fsp3) is 0.227. The number of aromatic nitrogens is 2. The van der Waals surface area contributed by atoms with Gasteiger partial charge in [-0.05, 0) is 43.2 Å². The van der Waals surface area contributed by atoms with E-state index in [9.17, 15) is 18.0 Å². The van der Waals surface area contributed by atoms with Crippen LogP contribution in [0.25, 0.3) is 0 Å². The number of amides is 2. The van der Waals surface area contributed by atoms with Crippen molar-refractivity contribution in [2.75, 3.05) is 24.1 Å². The number of hydrogen-bond acceptors (Lipinski definition) is 6. The topological polar surface area (TPSA) is 150 Å². The van der Waals surface area contributed by atoms with Crippen LogP contribution in [0.2, 0.25) is 10.0 Å². The van der Waals surface area contributed by atoms with Crippen LogP contribution in [-0.2, 0) is 10.0 Å². The lowest BCUT2D eigenvalue weighted by Gasteiger charge is -2.31. The van der Waals surface area contributed by atoms with Gasteiger partial charge in [0.25, 0.3) is 11.8 Å². The molecule has 1 aliphatic heterocycles. The molecule has 5 N–H and O–H groups in total. The Labute approximate surface area is 211 Å². The van der Waals surface area contributed by atoms with Crippen LogP contribution in [0.15, 0.2) is 53.6 Å². The third-order valence-corrected chi connectivity index (χ3v) is 8.11. The smallest absolute Gasteiger partial charge is 0.271 e. The van der Waals surface area contributed by atoms with Crippen LogP contribution in [0.4, 0.5) is 11.4 Å². The number of hydrogen-bond donors (Lipinski definition) is 4. The van der Waals surface area contributed by atoms with Crippen LogP contribution in [0.5, 0.6) is 0 Å². The Balaban J connectivity index is 1.38. The summed E-state index contributed by atoms with van der Waals surface area (Å²) < 4.78 is 27.1. The molecule has 0 unspecified atom stereocenters. The number of piperidine rings is 1. The molecular formula is C22H22Cl2N6O4S. The SMILES string of the molecule is Nc1cccc(S(=O)(=O)N2CCC(NC(=O)c3[nH]ncc3NC(=O)c3c(Cl)cccc3Cl)CC2)c1. The lowest BCUT2D eigenvalue weighted by Crippen LogP contribution is -2.46. The molecule has 1 saturated heterocycles. The summed E-state index contributed by atoms with van der Waals surface area (Å²) >= 11 is 12.2. The Morgan fingerprint density at radius 3 is 2.37 bits per heavy atom. The van der Waals surface area contributed by atoms with Crippen LogP contribution < -0.4 is 16.4 Å². The number of nitrogens with one attached hydrogen (secondary N) is 3. The van der Waals surface area contributed by atoms with E-state index in [4.69, 9.17) is 28.9 Å². The highest BCUT2D eigenvalue weighted by Crippen LogP contribution is 2.26. The largest absolute Gasteiger partial charge is 0.399 e. The first-order chi connectivity index (χ1) is 16.7. The fourth-order valence-corrected chi connectivity index (χ4v) is 5.87. The molecule has 3 aromatic rings. The quantitative estimate of drug-likeness (QED) is 0.355. The van der Waals surface area contributed by atoms with Gasteiger partial charge in [0.05, 0.1) is 32.4 Å². The Hall–Kier alpha value is -3.12. The Morgan fingerprint density at radius 1 is 1.06 bits per heavy atom. The van der Waals surface area contributed by atoms with Crippen LogP contribution in [0.3, 0.4) is 0 Å². The number of carbonyl (C=O) groups is 2. The first kappa shape index (κ1) is 25.0. The number of H-pyrrole nitrogens is 1. The van der Waals surface area contributed by atoms with Gasteiger partial charge in [0.15, 0.2) is 0 Å². The Kier molecular flexibility index (Phi) is 7.31. The fourth-order valence-electron chi connectivity index (χ4n) is 3.78. The predicted octanol–water partition coefficient (Wildman–Crippen LogP) is 3.13. The van der Waals surface area contributed by atoms with E-state index in [1.54, 1.807) is 18.2 Å². The normalized spacial score (nSPS) is 15.0. The van der Waals surface area contributed by atoms with Crippen molar-refractivity contribution in [3.8, 4) is 0 Å². The number of nitrogens with two attached hydrogens (primary N) is 1. The summed E-state index contributed by atoms with van der Waals surface area (Å²) in [5, 5.41) is 12.2. The molecule has 1 aromatic heterocycles. The van der Waals surface area contributed by atoms with E-state index >= 15 is 0 Å². The molecular weight excluding hydrogens is 515 g/mol. The molecule has 2 aromatic carbocycles. The summed E-state index contributed by atoms with van der Waals surface area (Å²) in [6.45, 7) is 0.472. The molecule has 0 atom stereocenters. The van der Waals surface area contributed by atoms with Crippen LogP contribution >= 0.6 is 23.2 Å². The van der Waals surface area contributed by atoms with Gasteiger partial charge in [0.1, 0.15) is 5.69 Å². The van der Waals surface area contributed by atoms with Crippen molar-refractivity contribution in [3.63, 3.8) is 0 Å². The zero-order valence-corrected chi connectivity index (χ0v) is 20.6. The van der Waals surface area contributed by atoms with Gasteiger partial charge >= 0.3 is 0 Å². The lowest BCUT2D eigenvalue weighted by molar-refractivity contribution is 0.0919. The molecule has 10 nitrogen and oxygen atoms in total. The molecule has 0 saturated carbocycles. The Morgan fingerprint density at radius 2 is 1.71 bits per heavy atom. The van der Waals surface area contributed by atoms with E-state index in [1.807, 2.05) is 0 Å². The number of nitrogen functional groups attached to an aromatic ring is 1. The summed E-state index contributed by atoms with van der Waals surface area (Å²) in [5.74, 6) is -1.07. The molecule has 2 heterocycles.